The first kappa shape index (κ1) is 15.7. The Bertz CT molecular complexity index is 701. The third-order valence-electron chi connectivity index (χ3n) is 3.98. The van der Waals surface area contributed by atoms with E-state index in [1.165, 1.54) is 10.0 Å². The van der Waals surface area contributed by atoms with Crippen molar-refractivity contribution in [3.05, 3.63) is 53.3 Å². The molecule has 0 aliphatic carbocycles. The molecular weight excluding hydrogens is 305 g/mol. The standard InChI is InChI=1S/C16H17F3N4/c1-10-4-5-13(9-20-10)14-8-11(2)23-15(21-14)6-7-22(23)12(3)16(17,18)19/h4-6,8-9,12H,7H2,1-3H3. The van der Waals surface area contributed by atoms with Crippen molar-refractivity contribution in [2.24, 2.45) is 4.99 Å². The molecule has 3 heterocycles. The molecule has 7 heteroatoms. The summed E-state index contributed by atoms with van der Waals surface area (Å²) < 4.78 is 39.0. The number of aromatic nitrogens is 1. The molecule has 1 aromatic heterocycles. The third-order valence-corrected chi connectivity index (χ3v) is 3.98. The lowest BCUT2D eigenvalue weighted by atomic mass is 10.1. The molecule has 4 nitrogen and oxygen atoms in total. The van der Waals surface area contributed by atoms with E-state index in [9.17, 15) is 13.2 Å². The molecule has 3 rings (SSSR count). The molecule has 1 aromatic rings. The van der Waals surface area contributed by atoms with Crippen LogP contribution in [0.25, 0.3) is 0 Å². The van der Waals surface area contributed by atoms with Gasteiger partial charge in [0.05, 0.1) is 5.71 Å². The number of nitrogens with zero attached hydrogens (tertiary/aromatic N) is 4. The van der Waals surface area contributed by atoms with Gasteiger partial charge in [0.15, 0.2) is 0 Å². The Morgan fingerprint density at radius 1 is 1.22 bits per heavy atom. The van der Waals surface area contributed by atoms with Gasteiger partial charge in [0.25, 0.3) is 0 Å². The molecule has 2 aliphatic rings. The highest BCUT2D eigenvalue weighted by atomic mass is 19.4. The van der Waals surface area contributed by atoms with Crippen LogP contribution in [0.2, 0.25) is 0 Å². The highest BCUT2D eigenvalue weighted by Crippen LogP contribution is 2.34. The minimum Gasteiger partial charge on any atom is -0.261 e. The number of hydrazine groups is 1. The first-order chi connectivity index (χ1) is 10.8. The average molecular weight is 322 g/mol. The SMILES string of the molecule is CC1=CC(c2ccc(C)nc2)=NC2=CCN(C(C)C(F)(F)F)N12. The Balaban J connectivity index is 1.90. The molecule has 0 amide bonds. The zero-order valence-electron chi connectivity index (χ0n) is 13.1. The smallest absolute Gasteiger partial charge is 0.261 e. The predicted octanol–water partition coefficient (Wildman–Crippen LogP) is 3.42. The normalized spacial score (nSPS) is 19.9. The Labute approximate surface area is 132 Å². The van der Waals surface area contributed by atoms with Crippen LogP contribution in [0.15, 0.2) is 47.0 Å². The average Bonchev–Trinajstić information content (AvgIpc) is 2.90. The van der Waals surface area contributed by atoms with Gasteiger partial charge in [-0.05, 0) is 45.1 Å². The van der Waals surface area contributed by atoms with Crippen molar-refractivity contribution in [1.29, 1.82) is 0 Å². The lowest BCUT2D eigenvalue weighted by Gasteiger charge is -2.38. The number of alkyl halides is 3. The summed E-state index contributed by atoms with van der Waals surface area (Å²) in [4.78, 5) is 8.73. The molecule has 0 radical (unpaired) electrons. The predicted molar refractivity (Wildman–Crippen MR) is 81.4 cm³/mol. The summed E-state index contributed by atoms with van der Waals surface area (Å²) >= 11 is 0. The molecule has 0 saturated heterocycles. The summed E-state index contributed by atoms with van der Waals surface area (Å²) in [6.45, 7) is 5.02. The van der Waals surface area contributed by atoms with Gasteiger partial charge < -0.3 is 0 Å². The molecule has 0 spiro atoms. The molecule has 122 valence electrons. The van der Waals surface area contributed by atoms with Crippen LogP contribution in [0.5, 0.6) is 0 Å². The van der Waals surface area contributed by atoms with Gasteiger partial charge in [-0.15, -0.1) is 0 Å². The van der Waals surface area contributed by atoms with Crippen LogP contribution in [0.3, 0.4) is 0 Å². The maximum absolute atomic E-state index is 13.0. The monoisotopic (exact) mass is 322 g/mol. The van der Waals surface area contributed by atoms with Crippen molar-refractivity contribution < 1.29 is 13.2 Å². The van der Waals surface area contributed by atoms with Gasteiger partial charge in [0.2, 0.25) is 0 Å². The molecule has 2 aliphatic heterocycles. The number of aryl methyl sites for hydroxylation is 1. The minimum atomic E-state index is -4.28. The first-order valence-corrected chi connectivity index (χ1v) is 7.31. The quantitative estimate of drug-likeness (QED) is 0.836. The largest absolute Gasteiger partial charge is 0.405 e. The third kappa shape index (κ3) is 2.88. The molecular formula is C16H17F3N4. The van der Waals surface area contributed by atoms with E-state index in [0.29, 0.717) is 17.2 Å². The van der Waals surface area contributed by atoms with Crippen LogP contribution in [-0.2, 0) is 0 Å². The van der Waals surface area contributed by atoms with Gasteiger partial charge in [-0.25, -0.2) is 4.99 Å². The number of hydrogen-bond acceptors (Lipinski definition) is 4. The summed E-state index contributed by atoms with van der Waals surface area (Å²) in [7, 11) is 0. The lowest BCUT2D eigenvalue weighted by Crippen LogP contribution is -2.49. The van der Waals surface area contributed by atoms with E-state index in [0.717, 1.165) is 18.2 Å². The number of halogens is 3. The Morgan fingerprint density at radius 3 is 2.57 bits per heavy atom. The van der Waals surface area contributed by atoms with Gasteiger partial charge in [-0.3, -0.25) is 9.99 Å². The van der Waals surface area contributed by atoms with E-state index in [-0.39, 0.29) is 6.54 Å². The number of fused-ring (bicyclic) bond motifs is 1. The summed E-state index contributed by atoms with van der Waals surface area (Å²) in [5, 5.41) is 2.80. The maximum atomic E-state index is 13.0. The van der Waals surface area contributed by atoms with E-state index in [2.05, 4.69) is 9.98 Å². The fourth-order valence-corrected chi connectivity index (χ4v) is 2.63. The van der Waals surface area contributed by atoms with Crippen LogP contribution in [0.1, 0.15) is 25.1 Å². The van der Waals surface area contributed by atoms with Gasteiger partial charge in [-0.1, -0.05) is 0 Å². The van der Waals surface area contributed by atoms with Crippen molar-refractivity contribution in [3.8, 4) is 0 Å². The van der Waals surface area contributed by atoms with Crippen molar-refractivity contribution >= 4 is 5.71 Å². The van der Waals surface area contributed by atoms with Crippen LogP contribution >= 0.6 is 0 Å². The number of aliphatic imine (C=N–C) groups is 1. The first-order valence-electron chi connectivity index (χ1n) is 7.31. The van der Waals surface area contributed by atoms with Crippen molar-refractivity contribution in [1.82, 2.24) is 15.0 Å². The van der Waals surface area contributed by atoms with E-state index in [4.69, 9.17) is 0 Å². The molecule has 1 atom stereocenters. The second kappa shape index (κ2) is 5.49. The molecule has 0 bridgehead atoms. The van der Waals surface area contributed by atoms with E-state index in [1.807, 2.05) is 19.1 Å². The molecule has 0 saturated carbocycles. The summed E-state index contributed by atoms with van der Waals surface area (Å²) in [6, 6.07) is 2.22. The maximum Gasteiger partial charge on any atom is 0.405 e. The lowest BCUT2D eigenvalue weighted by molar-refractivity contribution is -0.201. The highest BCUT2D eigenvalue weighted by Gasteiger charge is 2.45. The number of hydrogen-bond donors (Lipinski definition) is 0. The van der Waals surface area contributed by atoms with Gasteiger partial charge in [0, 0.05) is 29.7 Å². The van der Waals surface area contributed by atoms with E-state index in [1.54, 1.807) is 25.3 Å². The fourth-order valence-electron chi connectivity index (χ4n) is 2.63. The van der Waals surface area contributed by atoms with Crippen LogP contribution in [0.4, 0.5) is 13.2 Å². The summed E-state index contributed by atoms with van der Waals surface area (Å²) in [5.74, 6) is 0.525. The topological polar surface area (TPSA) is 31.7 Å². The van der Waals surface area contributed by atoms with Crippen LogP contribution < -0.4 is 0 Å². The second-order valence-electron chi connectivity index (χ2n) is 5.68. The highest BCUT2D eigenvalue weighted by molar-refractivity contribution is 6.09. The van der Waals surface area contributed by atoms with Crippen LogP contribution in [0, 0.1) is 6.92 Å². The molecule has 0 N–H and O–H groups in total. The zero-order chi connectivity index (χ0) is 16.8. The summed E-state index contributed by atoms with van der Waals surface area (Å²) in [5.41, 5.74) is 3.16. The van der Waals surface area contributed by atoms with Crippen molar-refractivity contribution in [3.63, 3.8) is 0 Å². The van der Waals surface area contributed by atoms with Crippen LogP contribution in [-0.4, -0.2) is 39.5 Å². The second-order valence-corrected chi connectivity index (χ2v) is 5.68. The van der Waals surface area contributed by atoms with Gasteiger partial charge >= 0.3 is 6.18 Å². The Kier molecular flexibility index (Phi) is 3.75. The zero-order valence-corrected chi connectivity index (χ0v) is 13.1. The molecule has 1 unspecified atom stereocenters. The summed E-state index contributed by atoms with van der Waals surface area (Å²) in [6.07, 6.45) is 0.930. The molecule has 23 heavy (non-hydrogen) atoms. The van der Waals surface area contributed by atoms with Gasteiger partial charge in [0.1, 0.15) is 11.9 Å². The van der Waals surface area contributed by atoms with Crippen molar-refractivity contribution in [2.45, 2.75) is 33.0 Å². The van der Waals surface area contributed by atoms with E-state index < -0.39 is 12.2 Å². The number of allylic oxidation sites excluding steroid dienone is 2. The number of rotatable bonds is 2. The van der Waals surface area contributed by atoms with E-state index >= 15 is 0 Å². The minimum absolute atomic E-state index is 0.185. The number of pyridine rings is 1. The fraction of sp³-hybridized carbons (Fsp3) is 0.375. The van der Waals surface area contributed by atoms with Crippen molar-refractivity contribution in [2.75, 3.05) is 6.54 Å². The van der Waals surface area contributed by atoms with Gasteiger partial charge in [-0.2, -0.15) is 18.2 Å². The Morgan fingerprint density at radius 2 is 1.96 bits per heavy atom. The Hall–Kier alpha value is -2.15. The molecule has 0 aromatic carbocycles. The molecule has 0 fully saturated rings.